The van der Waals surface area contributed by atoms with Gasteiger partial charge in [-0.25, -0.2) is 0 Å². The van der Waals surface area contributed by atoms with Crippen LogP contribution in [-0.4, -0.2) is 0 Å². The fraction of sp³-hybridized carbons (Fsp3) is 0.636. The maximum atomic E-state index is 3.61. The molecule has 0 aliphatic rings. The molecule has 0 nitrogen and oxygen atoms in total. The molecular weight excluding hydrogens is 132 g/mol. The van der Waals surface area contributed by atoms with Gasteiger partial charge in [-0.15, -0.1) is 12.5 Å². The Bertz CT molecular complexity index is 134. The predicted molar refractivity (Wildman–Crippen MR) is 51.3 cm³/mol. The number of hydrogen-bond donors (Lipinski definition) is 0. The van der Waals surface area contributed by atoms with Gasteiger partial charge in [0.15, 0.2) is 0 Å². The second-order valence-corrected chi connectivity index (χ2v) is 2.66. The van der Waals surface area contributed by atoms with E-state index in [2.05, 4.69) is 25.3 Å². The van der Waals surface area contributed by atoms with Crippen molar-refractivity contribution in [1.82, 2.24) is 0 Å². The Hall–Kier alpha value is -0.700. The summed E-state index contributed by atoms with van der Waals surface area (Å²) in [5.74, 6) is 6.17. The lowest BCUT2D eigenvalue weighted by Gasteiger charge is -1.91. The lowest BCUT2D eigenvalue weighted by atomic mass is 10.1. The number of allylic oxidation sites excluding steroid dienone is 1. The fourth-order valence-corrected chi connectivity index (χ4v) is 0.873. The van der Waals surface area contributed by atoms with Gasteiger partial charge >= 0.3 is 0 Å². The van der Waals surface area contributed by atoms with Gasteiger partial charge in [-0.3, -0.25) is 0 Å². The number of unbranched alkanes of at least 4 members (excludes halogenated alkanes) is 4. The molecule has 0 N–H and O–H groups in total. The van der Waals surface area contributed by atoms with Crippen molar-refractivity contribution < 1.29 is 0 Å². The largest absolute Gasteiger partial charge is 0.103 e. The molecule has 0 aliphatic carbocycles. The molecular formula is C11H18. The summed E-state index contributed by atoms with van der Waals surface area (Å²) in [5.41, 5.74) is 0. The average Bonchev–Trinajstić information content (AvgIpc) is 2.03. The highest BCUT2D eigenvalue weighted by Crippen LogP contribution is 2.00. The van der Waals surface area contributed by atoms with Crippen molar-refractivity contribution in [2.45, 2.75) is 45.4 Å². The van der Waals surface area contributed by atoms with Gasteiger partial charge in [0.25, 0.3) is 0 Å². The zero-order valence-corrected chi connectivity index (χ0v) is 7.53. The quantitative estimate of drug-likeness (QED) is 0.319. The molecule has 0 unspecified atom stereocenters. The van der Waals surface area contributed by atoms with Crippen LogP contribution in [0, 0.1) is 11.8 Å². The lowest BCUT2D eigenvalue weighted by Crippen LogP contribution is -1.73. The molecule has 0 amide bonds. The monoisotopic (exact) mass is 150 g/mol. The Morgan fingerprint density at radius 1 is 1.18 bits per heavy atom. The van der Waals surface area contributed by atoms with Gasteiger partial charge < -0.3 is 0 Å². The Morgan fingerprint density at radius 3 is 2.64 bits per heavy atom. The summed E-state index contributed by atoms with van der Waals surface area (Å²) < 4.78 is 0. The SMILES string of the molecule is C=CCC#CCCCCCC. The van der Waals surface area contributed by atoms with Crippen molar-refractivity contribution in [1.29, 1.82) is 0 Å². The molecule has 0 rings (SSSR count). The van der Waals surface area contributed by atoms with Crippen LogP contribution in [0.25, 0.3) is 0 Å². The smallest absolute Gasteiger partial charge is 0.0267 e. The van der Waals surface area contributed by atoms with Crippen LogP contribution in [0.4, 0.5) is 0 Å². The highest BCUT2D eigenvalue weighted by molar-refractivity contribution is 5.02. The third-order valence-electron chi connectivity index (χ3n) is 1.53. The third-order valence-corrected chi connectivity index (χ3v) is 1.53. The van der Waals surface area contributed by atoms with Gasteiger partial charge in [-0.1, -0.05) is 38.2 Å². The number of hydrogen-bond acceptors (Lipinski definition) is 0. The van der Waals surface area contributed by atoms with Gasteiger partial charge in [-0.05, 0) is 6.42 Å². The zero-order valence-electron chi connectivity index (χ0n) is 7.53. The van der Waals surface area contributed by atoms with Gasteiger partial charge in [0.2, 0.25) is 0 Å². The van der Waals surface area contributed by atoms with E-state index in [0.29, 0.717) is 0 Å². The highest BCUT2D eigenvalue weighted by atomic mass is 13.9. The second-order valence-electron chi connectivity index (χ2n) is 2.66. The Balaban J connectivity index is 3.02. The zero-order chi connectivity index (χ0) is 8.36. The van der Waals surface area contributed by atoms with Gasteiger partial charge in [-0.2, -0.15) is 0 Å². The first kappa shape index (κ1) is 10.3. The highest BCUT2D eigenvalue weighted by Gasteiger charge is 1.82. The summed E-state index contributed by atoms with van der Waals surface area (Å²) in [6.07, 6.45) is 9.00. The maximum Gasteiger partial charge on any atom is 0.0267 e. The van der Waals surface area contributed by atoms with Crippen LogP contribution < -0.4 is 0 Å². The summed E-state index contributed by atoms with van der Waals surface area (Å²) in [6, 6.07) is 0. The molecule has 0 radical (unpaired) electrons. The molecule has 0 bridgehead atoms. The minimum atomic E-state index is 0.841. The van der Waals surface area contributed by atoms with Gasteiger partial charge in [0.1, 0.15) is 0 Å². The molecule has 0 saturated carbocycles. The molecule has 0 aromatic carbocycles. The van der Waals surface area contributed by atoms with Gasteiger partial charge in [0.05, 0.1) is 0 Å². The molecule has 0 aliphatic heterocycles. The van der Waals surface area contributed by atoms with E-state index in [1.54, 1.807) is 0 Å². The van der Waals surface area contributed by atoms with Crippen molar-refractivity contribution in [3.63, 3.8) is 0 Å². The normalized spacial score (nSPS) is 8.45. The van der Waals surface area contributed by atoms with E-state index < -0.39 is 0 Å². The molecule has 0 aromatic heterocycles. The maximum absolute atomic E-state index is 3.61. The van der Waals surface area contributed by atoms with Crippen molar-refractivity contribution in [2.75, 3.05) is 0 Å². The Morgan fingerprint density at radius 2 is 2.00 bits per heavy atom. The number of rotatable bonds is 5. The molecule has 0 aromatic rings. The first-order valence-corrected chi connectivity index (χ1v) is 4.48. The van der Waals surface area contributed by atoms with E-state index in [9.17, 15) is 0 Å². The first-order chi connectivity index (χ1) is 5.41. The molecule has 11 heavy (non-hydrogen) atoms. The minimum Gasteiger partial charge on any atom is -0.103 e. The van der Waals surface area contributed by atoms with Crippen LogP contribution in [0.1, 0.15) is 45.4 Å². The third kappa shape index (κ3) is 9.30. The van der Waals surface area contributed by atoms with Crippen molar-refractivity contribution >= 4 is 0 Å². The Kier molecular flexibility index (Phi) is 8.71. The lowest BCUT2D eigenvalue weighted by molar-refractivity contribution is 0.679. The molecule has 0 fully saturated rings. The standard InChI is InChI=1S/C11H18/c1-3-5-7-9-11-10-8-6-4-2/h3H,1,4-6,8,10-11H2,2H3. The van der Waals surface area contributed by atoms with E-state index in [1.807, 2.05) is 6.08 Å². The molecule has 0 saturated heterocycles. The van der Waals surface area contributed by atoms with Crippen LogP contribution in [0.2, 0.25) is 0 Å². The summed E-state index contributed by atoms with van der Waals surface area (Å²) in [5, 5.41) is 0. The van der Waals surface area contributed by atoms with Crippen LogP contribution in [0.5, 0.6) is 0 Å². The predicted octanol–water partition coefficient (Wildman–Crippen LogP) is 3.54. The van der Waals surface area contributed by atoms with Crippen LogP contribution >= 0.6 is 0 Å². The van der Waals surface area contributed by atoms with Crippen molar-refractivity contribution in [2.24, 2.45) is 0 Å². The van der Waals surface area contributed by atoms with E-state index >= 15 is 0 Å². The van der Waals surface area contributed by atoms with Crippen LogP contribution in [-0.2, 0) is 0 Å². The van der Waals surface area contributed by atoms with Gasteiger partial charge in [0, 0.05) is 12.8 Å². The van der Waals surface area contributed by atoms with E-state index in [1.165, 1.54) is 25.7 Å². The summed E-state index contributed by atoms with van der Waals surface area (Å²) in [7, 11) is 0. The van der Waals surface area contributed by atoms with Crippen molar-refractivity contribution in [3.8, 4) is 11.8 Å². The van der Waals surface area contributed by atoms with Crippen LogP contribution in [0.3, 0.4) is 0 Å². The second kappa shape index (κ2) is 9.30. The summed E-state index contributed by atoms with van der Waals surface area (Å²) in [4.78, 5) is 0. The molecule has 62 valence electrons. The van der Waals surface area contributed by atoms with E-state index in [0.717, 1.165) is 12.8 Å². The molecule has 0 heteroatoms. The topological polar surface area (TPSA) is 0 Å². The summed E-state index contributed by atoms with van der Waals surface area (Å²) >= 11 is 0. The molecule has 0 heterocycles. The first-order valence-electron chi connectivity index (χ1n) is 4.48. The van der Waals surface area contributed by atoms with E-state index in [4.69, 9.17) is 0 Å². The Labute approximate surface area is 70.7 Å². The average molecular weight is 150 g/mol. The molecule has 0 atom stereocenters. The fourth-order valence-electron chi connectivity index (χ4n) is 0.873. The van der Waals surface area contributed by atoms with E-state index in [-0.39, 0.29) is 0 Å². The molecule has 0 spiro atoms. The summed E-state index contributed by atoms with van der Waals surface area (Å²) in [6.45, 7) is 5.83. The van der Waals surface area contributed by atoms with Crippen LogP contribution in [0.15, 0.2) is 12.7 Å². The minimum absolute atomic E-state index is 0.841. The van der Waals surface area contributed by atoms with Crippen molar-refractivity contribution in [3.05, 3.63) is 12.7 Å².